The summed E-state index contributed by atoms with van der Waals surface area (Å²) in [5.74, 6) is 0.128. The van der Waals surface area contributed by atoms with Gasteiger partial charge in [0.05, 0.1) is 35.5 Å². The number of nitrogens with zero attached hydrogens (tertiary/aromatic N) is 4. The highest BCUT2D eigenvalue weighted by atomic mass is 35.5. The summed E-state index contributed by atoms with van der Waals surface area (Å²) in [4.78, 5) is 39.0. The number of unbranched alkanes of at least 4 members (excludes halogenated alkanes) is 1. The van der Waals surface area contributed by atoms with Crippen LogP contribution in [0.15, 0.2) is 29.2 Å². The van der Waals surface area contributed by atoms with E-state index in [0.29, 0.717) is 36.9 Å². The molecule has 1 unspecified atom stereocenters. The van der Waals surface area contributed by atoms with Gasteiger partial charge in [0.15, 0.2) is 5.82 Å². The third-order valence-corrected chi connectivity index (χ3v) is 6.83. The average molecular weight is 582 g/mol. The number of hydrogen-bond acceptors (Lipinski definition) is 8. The number of aromatic amines is 1. The Morgan fingerprint density at radius 1 is 1.31 bits per heavy atom. The number of alkyl halides is 1. The molecular weight excluding hydrogens is 543 g/mol. The molecule has 0 saturated heterocycles. The lowest BCUT2D eigenvalue weighted by Gasteiger charge is -2.28. The molecule has 0 saturated carbocycles. The van der Waals surface area contributed by atoms with E-state index < -0.39 is 0 Å². The molecule has 5 N–H and O–H groups in total. The maximum absolute atomic E-state index is 13.1. The van der Waals surface area contributed by atoms with Gasteiger partial charge in [-0.2, -0.15) is 5.10 Å². The van der Waals surface area contributed by atoms with Gasteiger partial charge < -0.3 is 25.7 Å². The summed E-state index contributed by atoms with van der Waals surface area (Å²) in [7, 11) is 0. The Kier molecular flexibility index (Phi) is 13.9. The Hall–Kier alpha value is -2.99. The van der Waals surface area contributed by atoms with Gasteiger partial charge in [-0.05, 0) is 44.5 Å². The number of fused-ring (bicyclic) bond motifs is 1. The van der Waals surface area contributed by atoms with E-state index in [1.54, 1.807) is 16.8 Å². The summed E-state index contributed by atoms with van der Waals surface area (Å²) in [6, 6.07) is 5.69. The summed E-state index contributed by atoms with van der Waals surface area (Å²) in [6.07, 6.45) is 4.40. The van der Waals surface area contributed by atoms with Crippen molar-refractivity contribution in [2.75, 3.05) is 31.5 Å². The molecule has 0 aliphatic heterocycles. The summed E-state index contributed by atoms with van der Waals surface area (Å²) in [5, 5.41) is 15.5. The Morgan fingerprint density at radius 2 is 2.08 bits per heavy atom. The first-order valence-electron chi connectivity index (χ1n) is 12.9. The molecular formula is C26H38Cl2N8O3. The van der Waals surface area contributed by atoms with E-state index >= 15 is 0 Å². The number of carbonyl (C=O) groups excluding carboxylic acids is 2. The van der Waals surface area contributed by atoms with Gasteiger partial charge >= 0.3 is 0 Å². The van der Waals surface area contributed by atoms with Crippen LogP contribution in [0.4, 0.5) is 5.82 Å². The third-order valence-electron chi connectivity index (χ3n) is 6.32. The molecule has 0 fully saturated rings. The molecule has 2 aromatic heterocycles. The molecule has 11 nitrogen and oxygen atoms in total. The quantitative estimate of drug-likeness (QED) is 0.149. The zero-order chi connectivity index (χ0) is 28.8. The predicted octanol–water partition coefficient (Wildman–Crippen LogP) is 2.89. The fourth-order valence-corrected chi connectivity index (χ4v) is 4.55. The number of hydrogen-bond donors (Lipinski definition) is 4. The van der Waals surface area contributed by atoms with E-state index in [1.807, 2.05) is 18.9 Å². The van der Waals surface area contributed by atoms with Gasteiger partial charge in [0.1, 0.15) is 6.79 Å². The standard InChI is InChI=1S/C25H36Cl2N8O2.CH2O/c1-3-4-10-34(16-23(28)36)17(2)7-8-30-24-25(37)35(19(13-26)14-31-24)11-9-29-15-22-20-12-18(27)5-6-21(20)32-33-22;1-2/h5-6,12,14,17,29H,3-4,7-11,13,15-16H2,1-2H3,(H2,28,36)(H,30,31)(H,32,33);1H2. The number of aromatic nitrogens is 4. The number of halogens is 2. The minimum absolute atomic E-state index is 0.133. The Balaban J connectivity index is 0.00000260. The van der Waals surface area contributed by atoms with Crippen molar-refractivity contribution < 1.29 is 9.59 Å². The molecule has 0 radical (unpaired) electrons. The van der Waals surface area contributed by atoms with E-state index in [-0.39, 0.29) is 35.8 Å². The van der Waals surface area contributed by atoms with E-state index in [4.69, 9.17) is 33.7 Å². The maximum atomic E-state index is 13.1. The lowest BCUT2D eigenvalue weighted by Crippen LogP contribution is -2.41. The van der Waals surface area contributed by atoms with Gasteiger partial charge in [-0.15, -0.1) is 11.6 Å². The second-order valence-electron chi connectivity index (χ2n) is 9.08. The number of nitrogens with one attached hydrogen (secondary N) is 3. The number of H-pyrrole nitrogens is 1. The van der Waals surface area contributed by atoms with Crippen LogP contribution >= 0.6 is 23.2 Å². The van der Waals surface area contributed by atoms with Crippen LogP contribution in [-0.2, 0) is 28.6 Å². The topological polar surface area (TPSA) is 151 Å². The van der Waals surface area contributed by atoms with Gasteiger partial charge in [-0.25, -0.2) is 4.98 Å². The summed E-state index contributed by atoms with van der Waals surface area (Å²) in [6.45, 7) is 9.28. The molecule has 1 atom stereocenters. The molecule has 0 aliphatic carbocycles. The zero-order valence-electron chi connectivity index (χ0n) is 22.5. The van der Waals surface area contributed by atoms with Crippen molar-refractivity contribution in [1.82, 2.24) is 30.0 Å². The highest BCUT2D eigenvalue weighted by Crippen LogP contribution is 2.20. The normalized spacial score (nSPS) is 11.8. The predicted molar refractivity (Wildman–Crippen MR) is 156 cm³/mol. The van der Waals surface area contributed by atoms with Gasteiger partial charge in [0.2, 0.25) is 5.91 Å². The van der Waals surface area contributed by atoms with E-state index in [0.717, 1.165) is 42.4 Å². The first-order chi connectivity index (χ1) is 18.8. The van der Waals surface area contributed by atoms with Crippen molar-refractivity contribution in [3.8, 4) is 0 Å². The second-order valence-corrected chi connectivity index (χ2v) is 9.79. The average Bonchev–Trinajstić information content (AvgIpc) is 3.33. The molecule has 1 aromatic carbocycles. The second kappa shape index (κ2) is 16.9. The Bertz CT molecular complexity index is 1250. The summed E-state index contributed by atoms with van der Waals surface area (Å²) >= 11 is 12.2. The van der Waals surface area contributed by atoms with Crippen molar-refractivity contribution in [2.24, 2.45) is 5.73 Å². The van der Waals surface area contributed by atoms with Gasteiger partial charge in [0, 0.05) is 42.6 Å². The molecule has 214 valence electrons. The fourth-order valence-electron chi connectivity index (χ4n) is 4.17. The number of benzene rings is 1. The summed E-state index contributed by atoms with van der Waals surface area (Å²) in [5.41, 5.74) is 7.63. The van der Waals surface area contributed by atoms with Crippen molar-refractivity contribution in [1.29, 1.82) is 0 Å². The van der Waals surface area contributed by atoms with Crippen molar-refractivity contribution in [3.63, 3.8) is 0 Å². The number of carbonyl (C=O) groups is 2. The smallest absolute Gasteiger partial charge is 0.293 e. The Labute approximate surface area is 238 Å². The van der Waals surface area contributed by atoms with Crippen LogP contribution in [0, 0.1) is 0 Å². The van der Waals surface area contributed by atoms with Crippen LogP contribution in [0.25, 0.3) is 10.9 Å². The number of rotatable bonds is 16. The molecule has 2 heterocycles. The molecule has 13 heteroatoms. The first kappa shape index (κ1) is 32.2. The molecule has 0 spiro atoms. The molecule has 3 aromatic rings. The van der Waals surface area contributed by atoms with Crippen LogP contribution < -0.4 is 21.9 Å². The minimum Gasteiger partial charge on any atom is -0.369 e. The highest BCUT2D eigenvalue weighted by molar-refractivity contribution is 6.31. The van der Waals surface area contributed by atoms with E-state index in [1.165, 1.54) is 0 Å². The largest absolute Gasteiger partial charge is 0.369 e. The number of amides is 1. The van der Waals surface area contributed by atoms with Crippen LogP contribution in [0.3, 0.4) is 0 Å². The maximum Gasteiger partial charge on any atom is 0.293 e. The van der Waals surface area contributed by atoms with Crippen molar-refractivity contribution >= 4 is 52.6 Å². The molecule has 0 aliphatic rings. The summed E-state index contributed by atoms with van der Waals surface area (Å²) < 4.78 is 1.64. The number of primary amides is 1. The highest BCUT2D eigenvalue weighted by Gasteiger charge is 2.16. The number of anilines is 1. The fraction of sp³-hybridized carbons (Fsp3) is 0.500. The van der Waals surface area contributed by atoms with Gasteiger partial charge in [-0.1, -0.05) is 24.9 Å². The van der Waals surface area contributed by atoms with E-state index in [9.17, 15) is 9.59 Å². The monoisotopic (exact) mass is 580 g/mol. The SMILES string of the molecule is C=O.CCCCN(CC(N)=O)C(C)CCNc1ncc(CCl)n(CCNCc2[nH]nc3ccc(Cl)cc23)c1=O. The van der Waals surface area contributed by atoms with Crippen molar-refractivity contribution in [3.05, 3.63) is 51.2 Å². The Morgan fingerprint density at radius 3 is 2.77 bits per heavy atom. The third kappa shape index (κ3) is 9.61. The van der Waals surface area contributed by atoms with Crippen LogP contribution in [-0.4, -0.2) is 69.6 Å². The van der Waals surface area contributed by atoms with Crippen LogP contribution in [0.2, 0.25) is 5.02 Å². The lowest BCUT2D eigenvalue weighted by molar-refractivity contribution is -0.119. The van der Waals surface area contributed by atoms with Crippen molar-refractivity contribution in [2.45, 2.75) is 58.1 Å². The molecule has 39 heavy (non-hydrogen) atoms. The number of nitrogens with two attached hydrogens (primary N) is 1. The zero-order valence-corrected chi connectivity index (χ0v) is 24.0. The molecule has 1 amide bonds. The molecule has 0 bridgehead atoms. The minimum atomic E-state index is -0.338. The first-order valence-corrected chi connectivity index (χ1v) is 13.8. The lowest BCUT2D eigenvalue weighted by atomic mass is 10.1. The van der Waals surface area contributed by atoms with E-state index in [2.05, 4.69) is 44.6 Å². The van der Waals surface area contributed by atoms with Gasteiger partial charge in [0.25, 0.3) is 5.56 Å². The molecule has 3 rings (SSSR count). The van der Waals surface area contributed by atoms with Crippen LogP contribution in [0.5, 0.6) is 0 Å². The van der Waals surface area contributed by atoms with Gasteiger partial charge in [-0.3, -0.25) is 19.6 Å². The van der Waals surface area contributed by atoms with Crippen LogP contribution in [0.1, 0.15) is 44.5 Å².